The highest BCUT2D eigenvalue weighted by Crippen LogP contribution is 2.32. The number of aliphatic hydroxyl groups is 1. The van der Waals surface area contributed by atoms with Gasteiger partial charge in [-0.15, -0.1) is 10.2 Å². The second-order valence-electron chi connectivity index (χ2n) is 5.67. The maximum Gasteiger partial charge on any atom is 0.323 e. The Kier molecular flexibility index (Phi) is 5.93. The van der Waals surface area contributed by atoms with Crippen molar-refractivity contribution < 1.29 is 9.90 Å². The number of aryl methyl sites for hydroxylation is 1. The molecule has 0 bridgehead atoms. The Morgan fingerprint density at radius 2 is 2.24 bits per heavy atom. The Morgan fingerprint density at radius 1 is 1.48 bits per heavy atom. The zero-order chi connectivity index (χ0) is 15.2. The number of hydrogen-bond acceptors (Lipinski definition) is 5. The van der Waals surface area contributed by atoms with Crippen molar-refractivity contribution in [3.05, 3.63) is 5.01 Å². The van der Waals surface area contributed by atoms with Crippen LogP contribution in [0.2, 0.25) is 0 Å². The van der Waals surface area contributed by atoms with Crippen molar-refractivity contribution in [2.24, 2.45) is 5.92 Å². The highest BCUT2D eigenvalue weighted by Gasteiger charge is 2.31. The fraction of sp³-hybridized carbons (Fsp3) is 0.786. The highest BCUT2D eigenvalue weighted by atomic mass is 32.1. The first-order chi connectivity index (χ1) is 10.1. The monoisotopic (exact) mass is 312 g/mol. The van der Waals surface area contributed by atoms with Crippen LogP contribution in [0.3, 0.4) is 0 Å². The maximum absolute atomic E-state index is 12.0. The van der Waals surface area contributed by atoms with Crippen LogP contribution in [-0.2, 0) is 6.42 Å². The third-order valence-corrected chi connectivity index (χ3v) is 4.55. The van der Waals surface area contributed by atoms with Crippen molar-refractivity contribution in [1.29, 1.82) is 0 Å². The molecule has 2 rings (SSSR count). The fourth-order valence-corrected chi connectivity index (χ4v) is 2.88. The molecule has 0 radical (unpaired) electrons. The van der Waals surface area contributed by atoms with E-state index >= 15 is 0 Å². The molecule has 0 aliphatic heterocycles. The van der Waals surface area contributed by atoms with Crippen LogP contribution in [-0.4, -0.2) is 45.9 Å². The third-order valence-electron chi connectivity index (χ3n) is 3.65. The number of likely N-dealkylation sites (N-methyl/N-ethyl adjacent to an activating group) is 1. The van der Waals surface area contributed by atoms with Gasteiger partial charge in [0, 0.05) is 20.0 Å². The second kappa shape index (κ2) is 7.70. The van der Waals surface area contributed by atoms with E-state index in [0.29, 0.717) is 17.6 Å². The molecule has 2 N–H and O–H groups in total. The van der Waals surface area contributed by atoms with Gasteiger partial charge in [-0.2, -0.15) is 0 Å². The number of rotatable bonds is 8. The Labute approximate surface area is 129 Å². The molecule has 1 aliphatic carbocycles. The first-order valence-electron chi connectivity index (χ1n) is 7.62. The number of aromatic nitrogens is 2. The molecule has 1 unspecified atom stereocenters. The van der Waals surface area contributed by atoms with Gasteiger partial charge in [0.2, 0.25) is 5.13 Å². The van der Waals surface area contributed by atoms with Crippen LogP contribution in [0.15, 0.2) is 0 Å². The molecule has 0 saturated heterocycles. The SMILES string of the molecule is CCCCCc1nnc(NC(=O)N(C)CC(O)C2CC2)s1. The molecule has 1 saturated carbocycles. The largest absolute Gasteiger partial charge is 0.391 e. The lowest BCUT2D eigenvalue weighted by Gasteiger charge is -2.20. The van der Waals surface area contributed by atoms with E-state index in [2.05, 4.69) is 22.4 Å². The summed E-state index contributed by atoms with van der Waals surface area (Å²) in [7, 11) is 1.68. The summed E-state index contributed by atoms with van der Waals surface area (Å²) in [5, 5.41) is 22.2. The minimum atomic E-state index is -0.417. The number of carbonyl (C=O) groups is 1. The molecule has 1 aromatic heterocycles. The number of hydrogen-bond donors (Lipinski definition) is 2. The first-order valence-corrected chi connectivity index (χ1v) is 8.44. The minimum Gasteiger partial charge on any atom is -0.391 e. The molecule has 1 aromatic rings. The molecule has 21 heavy (non-hydrogen) atoms. The van der Waals surface area contributed by atoms with Crippen LogP contribution in [0.5, 0.6) is 0 Å². The van der Waals surface area contributed by atoms with Crippen molar-refractivity contribution in [3.63, 3.8) is 0 Å². The highest BCUT2D eigenvalue weighted by molar-refractivity contribution is 7.15. The molecular formula is C14H24N4O2S. The van der Waals surface area contributed by atoms with Crippen molar-refractivity contribution in [2.75, 3.05) is 18.9 Å². The van der Waals surface area contributed by atoms with Gasteiger partial charge in [-0.25, -0.2) is 4.79 Å². The quantitative estimate of drug-likeness (QED) is 0.723. The number of urea groups is 1. The second-order valence-corrected chi connectivity index (χ2v) is 6.74. The van der Waals surface area contributed by atoms with E-state index < -0.39 is 6.10 Å². The molecular weight excluding hydrogens is 288 g/mol. The molecule has 1 fully saturated rings. The number of aliphatic hydroxyl groups excluding tert-OH is 1. The summed E-state index contributed by atoms with van der Waals surface area (Å²) in [5.41, 5.74) is 0. The van der Waals surface area contributed by atoms with E-state index in [1.807, 2.05) is 0 Å². The van der Waals surface area contributed by atoms with E-state index in [1.54, 1.807) is 7.05 Å². The van der Waals surface area contributed by atoms with Crippen LogP contribution in [0.25, 0.3) is 0 Å². The lowest BCUT2D eigenvalue weighted by Crippen LogP contribution is -2.37. The van der Waals surface area contributed by atoms with Gasteiger partial charge in [-0.1, -0.05) is 31.1 Å². The summed E-state index contributed by atoms with van der Waals surface area (Å²) in [6.45, 7) is 2.52. The lowest BCUT2D eigenvalue weighted by atomic mass is 10.2. The number of amides is 2. The van der Waals surface area contributed by atoms with Gasteiger partial charge in [0.15, 0.2) is 0 Å². The number of anilines is 1. The Balaban J connectivity index is 1.75. The van der Waals surface area contributed by atoms with Crippen LogP contribution >= 0.6 is 11.3 Å². The van der Waals surface area contributed by atoms with Gasteiger partial charge in [0.1, 0.15) is 5.01 Å². The average molecular weight is 312 g/mol. The van der Waals surface area contributed by atoms with E-state index in [-0.39, 0.29) is 6.03 Å². The first kappa shape index (κ1) is 16.2. The Morgan fingerprint density at radius 3 is 2.90 bits per heavy atom. The van der Waals surface area contributed by atoms with Gasteiger partial charge < -0.3 is 10.0 Å². The smallest absolute Gasteiger partial charge is 0.323 e. The molecule has 118 valence electrons. The summed E-state index contributed by atoms with van der Waals surface area (Å²) in [5.74, 6) is 0.368. The lowest BCUT2D eigenvalue weighted by molar-refractivity contribution is 0.117. The van der Waals surface area contributed by atoms with Crippen LogP contribution < -0.4 is 5.32 Å². The molecule has 0 aromatic carbocycles. The normalized spacial score (nSPS) is 15.8. The molecule has 0 spiro atoms. The van der Waals surface area contributed by atoms with Crippen molar-refractivity contribution in [2.45, 2.75) is 51.6 Å². The van der Waals surface area contributed by atoms with Crippen molar-refractivity contribution in [3.8, 4) is 0 Å². The van der Waals surface area contributed by atoms with E-state index in [4.69, 9.17) is 0 Å². The van der Waals surface area contributed by atoms with Crippen molar-refractivity contribution in [1.82, 2.24) is 15.1 Å². The molecule has 7 heteroatoms. The predicted molar refractivity (Wildman–Crippen MR) is 83.5 cm³/mol. The van der Waals surface area contributed by atoms with Gasteiger partial charge in [0.25, 0.3) is 0 Å². The third kappa shape index (κ3) is 5.24. The van der Waals surface area contributed by atoms with E-state index in [1.165, 1.54) is 29.1 Å². The standard InChI is InChI=1S/C14H24N4O2S/c1-3-4-5-6-12-16-17-13(21-12)15-14(20)18(2)9-11(19)10-7-8-10/h10-11,19H,3-9H2,1-2H3,(H,15,17,20). The zero-order valence-corrected chi connectivity index (χ0v) is 13.5. The van der Waals surface area contributed by atoms with Crippen LogP contribution in [0, 0.1) is 5.92 Å². The summed E-state index contributed by atoms with van der Waals surface area (Å²) in [6.07, 6.45) is 6.09. The van der Waals surface area contributed by atoms with Gasteiger partial charge in [0.05, 0.1) is 6.10 Å². The summed E-state index contributed by atoms with van der Waals surface area (Å²) in [6, 6.07) is -0.244. The van der Waals surface area contributed by atoms with Crippen LogP contribution in [0.4, 0.5) is 9.93 Å². The number of nitrogens with one attached hydrogen (secondary N) is 1. The summed E-state index contributed by atoms with van der Waals surface area (Å²) < 4.78 is 0. The molecule has 6 nitrogen and oxygen atoms in total. The number of carbonyl (C=O) groups excluding carboxylic acids is 1. The predicted octanol–water partition coefficient (Wildman–Crippen LogP) is 2.51. The molecule has 1 aliphatic rings. The van der Waals surface area contributed by atoms with Gasteiger partial charge in [-0.3, -0.25) is 5.32 Å². The minimum absolute atomic E-state index is 0.244. The van der Waals surface area contributed by atoms with Gasteiger partial charge >= 0.3 is 6.03 Å². The van der Waals surface area contributed by atoms with E-state index in [9.17, 15) is 9.90 Å². The Bertz CT molecular complexity index is 462. The van der Waals surface area contributed by atoms with Gasteiger partial charge in [-0.05, 0) is 25.2 Å². The molecule has 2 amide bonds. The number of nitrogens with zero attached hydrogens (tertiary/aromatic N) is 3. The molecule has 1 heterocycles. The zero-order valence-electron chi connectivity index (χ0n) is 12.7. The number of unbranched alkanes of at least 4 members (excludes halogenated alkanes) is 2. The Hall–Kier alpha value is -1.21. The fourth-order valence-electron chi connectivity index (χ4n) is 2.11. The van der Waals surface area contributed by atoms with Crippen molar-refractivity contribution >= 4 is 22.5 Å². The maximum atomic E-state index is 12.0. The molecule has 1 atom stereocenters. The van der Waals surface area contributed by atoms with Crippen LogP contribution in [0.1, 0.15) is 44.0 Å². The summed E-state index contributed by atoms with van der Waals surface area (Å²) in [4.78, 5) is 13.5. The average Bonchev–Trinajstić information content (AvgIpc) is 3.21. The van der Waals surface area contributed by atoms with E-state index in [0.717, 1.165) is 30.7 Å². The summed E-state index contributed by atoms with van der Waals surface area (Å²) >= 11 is 1.42. The topological polar surface area (TPSA) is 78.4 Å².